The van der Waals surface area contributed by atoms with E-state index in [4.69, 9.17) is 16.3 Å². The summed E-state index contributed by atoms with van der Waals surface area (Å²) in [6, 6.07) is 21.2. The van der Waals surface area contributed by atoms with Crippen LogP contribution >= 0.6 is 11.6 Å². The van der Waals surface area contributed by atoms with Crippen LogP contribution in [0.3, 0.4) is 0 Å². The number of carbonyl (C=O) groups excluding carboxylic acids is 2. The standard InChI is InChI=1S/C30H36ClN3O5S/c1-4-20-32-30(36)23(3)33(21-19-24-11-7-6-8-12-24)29(35)22-34(27-13-9-10-14-28(27)39-5-2)40(37,38)26-17-15-25(31)16-18-26/h6-18,23H,4-5,19-22H2,1-3H3,(H,32,36). The van der Waals surface area contributed by atoms with Crippen molar-refractivity contribution in [2.45, 2.75) is 44.6 Å². The van der Waals surface area contributed by atoms with E-state index in [1.807, 2.05) is 37.3 Å². The minimum absolute atomic E-state index is 0.0272. The van der Waals surface area contributed by atoms with Crippen LogP contribution in [0, 0.1) is 0 Å². The Morgan fingerprint density at radius 2 is 1.60 bits per heavy atom. The highest BCUT2D eigenvalue weighted by atomic mass is 35.5. The Labute approximate surface area is 241 Å². The molecule has 2 amide bonds. The molecule has 3 rings (SSSR count). The molecule has 0 fully saturated rings. The average Bonchev–Trinajstić information content (AvgIpc) is 2.96. The first-order chi connectivity index (χ1) is 19.2. The number of nitrogens with zero attached hydrogens (tertiary/aromatic N) is 2. The molecule has 3 aromatic carbocycles. The molecule has 0 aliphatic carbocycles. The summed E-state index contributed by atoms with van der Waals surface area (Å²) in [4.78, 5) is 28.3. The number of hydrogen-bond acceptors (Lipinski definition) is 5. The Morgan fingerprint density at radius 1 is 0.950 bits per heavy atom. The van der Waals surface area contributed by atoms with Gasteiger partial charge in [0.25, 0.3) is 10.0 Å². The van der Waals surface area contributed by atoms with Crippen LogP contribution in [0.2, 0.25) is 5.02 Å². The highest BCUT2D eigenvalue weighted by molar-refractivity contribution is 7.92. The van der Waals surface area contributed by atoms with Crippen molar-refractivity contribution in [2.75, 3.05) is 30.5 Å². The number of halogens is 1. The summed E-state index contributed by atoms with van der Waals surface area (Å²) in [6.07, 6.45) is 1.25. The van der Waals surface area contributed by atoms with E-state index in [0.717, 1.165) is 16.3 Å². The Balaban J connectivity index is 2.02. The number of anilines is 1. The number of ether oxygens (including phenoxy) is 1. The fourth-order valence-electron chi connectivity index (χ4n) is 4.15. The first kappa shape index (κ1) is 31.0. The molecule has 1 unspecified atom stereocenters. The van der Waals surface area contributed by atoms with Gasteiger partial charge in [-0.1, -0.05) is 61.0 Å². The maximum atomic E-state index is 14.0. The molecule has 8 nitrogen and oxygen atoms in total. The van der Waals surface area contributed by atoms with E-state index in [1.165, 1.54) is 29.2 Å². The first-order valence-electron chi connectivity index (χ1n) is 13.3. The van der Waals surface area contributed by atoms with Crippen molar-refractivity contribution in [3.8, 4) is 5.75 Å². The molecule has 0 saturated carbocycles. The van der Waals surface area contributed by atoms with E-state index >= 15 is 0 Å². The van der Waals surface area contributed by atoms with Gasteiger partial charge in [0.15, 0.2) is 0 Å². The zero-order valence-corrected chi connectivity index (χ0v) is 24.6. The number of rotatable bonds is 14. The van der Waals surface area contributed by atoms with Gasteiger partial charge in [0.05, 0.1) is 17.2 Å². The molecule has 0 bridgehead atoms. The fourth-order valence-corrected chi connectivity index (χ4v) is 5.70. The number of hydrogen-bond donors (Lipinski definition) is 1. The zero-order valence-electron chi connectivity index (χ0n) is 23.0. The van der Waals surface area contributed by atoms with Crippen molar-refractivity contribution in [2.24, 2.45) is 0 Å². The Kier molecular flexibility index (Phi) is 11.4. The second-order valence-corrected chi connectivity index (χ2v) is 11.5. The van der Waals surface area contributed by atoms with Gasteiger partial charge in [-0.05, 0) is 68.7 Å². The summed E-state index contributed by atoms with van der Waals surface area (Å²) in [5, 5.41) is 3.23. The lowest BCUT2D eigenvalue weighted by Crippen LogP contribution is -2.52. The number of amides is 2. The third-order valence-corrected chi connectivity index (χ3v) is 8.34. The van der Waals surface area contributed by atoms with Gasteiger partial charge in [-0.3, -0.25) is 13.9 Å². The lowest BCUT2D eigenvalue weighted by Gasteiger charge is -2.32. The van der Waals surface area contributed by atoms with Crippen LogP contribution in [-0.2, 0) is 26.0 Å². The lowest BCUT2D eigenvalue weighted by molar-refractivity contribution is -0.138. The summed E-state index contributed by atoms with van der Waals surface area (Å²) in [6.45, 7) is 5.86. The predicted octanol–water partition coefficient (Wildman–Crippen LogP) is 4.92. The third-order valence-electron chi connectivity index (χ3n) is 6.32. The van der Waals surface area contributed by atoms with Crippen molar-refractivity contribution in [3.63, 3.8) is 0 Å². The molecule has 0 aliphatic heterocycles. The van der Waals surface area contributed by atoms with Crippen LogP contribution in [0.25, 0.3) is 0 Å². The van der Waals surface area contributed by atoms with Gasteiger partial charge < -0.3 is 15.0 Å². The summed E-state index contributed by atoms with van der Waals surface area (Å²) in [5.74, 6) is -0.496. The molecule has 0 spiro atoms. The molecule has 0 radical (unpaired) electrons. The molecule has 3 aromatic rings. The Hall–Kier alpha value is -3.56. The lowest BCUT2D eigenvalue weighted by atomic mass is 10.1. The number of benzene rings is 3. The van der Waals surface area contributed by atoms with Gasteiger partial charge in [-0.2, -0.15) is 0 Å². The van der Waals surface area contributed by atoms with Crippen LogP contribution in [0.15, 0.2) is 83.8 Å². The van der Waals surface area contributed by atoms with Crippen molar-refractivity contribution in [3.05, 3.63) is 89.4 Å². The molecular formula is C30H36ClN3O5S. The normalized spacial score (nSPS) is 11.9. The number of sulfonamides is 1. The molecule has 0 aliphatic rings. The maximum Gasteiger partial charge on any atom is 0.264 e. The smallest absolute Gasteiger partial charge is 0.264 e. The molecule has 1 N–H and O–H groups in total. The number of carbonyl (C=O) groups is 2. The Bertz CT molecular complexity index is 1370. The van der Waals surface area contributed by atoms with E-state index in [2.05, 4.69) is 5.32 Å². The van der Waals surface area contributed by atoms with E-state index in [0.29, 0.717) is 30.3 Å². The van der Waals surface area contributed by atoms with Gasteiger partial charge >= 0.3 is 0 Å². The summed E-state index contributed by atoms with van der Waals surface area (Å²) in [7, 11) is -4.22. The number of para-hydroxylation sites is 2. The SMILES string of the molecule is CCCNC(=O)C(C)N(CCc1ccccc1)C(=O)CN(c1ccccc1OCC)S(=O)(=O)c1ccc(Cl)cc1. The molecule has 40 heavy (non-hydrogen) atoms. The van der Waals surface area contributed by atoms with Crippen molar-refractivity contribution < 1.29 is 22.7 Å². The molecule has 0 aromatic heterocycles. The first-order valence-corrected chi connectivity index (χ1v) is 15.1. The van der Waals surface area contributed by atoms with Crippen LogP contribution in [0.5, 0.6) is 5.75 Å². The predicted molar refractivity (Wildman–Crippen MR) is 158 cm³/mol. The molecular weight excluding hydrogens is 550 g/mol. The van der Waals surface area contributed by atoms with Crippen molar-refractivity contribution in [1.82, 2.24) is 10.2 Å². The number of nitrogens with one attached hydrogen (secondary N) is 1. The second kappa shape index (κ2) is 14.7. The second-order valence-electron chi connectivity index (χ2n) is 9.16. The molecule has 1 atom stereocenters. The maximum absolute atomic E-state index is 14.0. The highest BCUT2D eigenvalue weighted by Crippen LogP contribution is 2.33. The van der Waals surface area contributed by atoms with E-state index in [-0.39, 0.29) is 23.0 Å². The van der Waals surface area contributed by atoms with Gasteiger partial charge in [-0.25, -0.2) is 8.42 Å². The van der Waals surface area contributed by atoms with Crippen molar-refractivity contribution in [1.29, 1.82) is 0 Å². The minimum Gasteiger partial charge on any atom is -0.492 e. The average molecular weight is 586 g/mol. The minimum atomic E-state index is -4.22. The largest absolute Gasteiger partial charge is 0.492 e. The fraction of sp³-hybridized carbons (Fsp3) is 0.333. The quantitative estimate of drug-likeness (QED) is 0.290. The van der Waals surface area contributed by atoms with Gasteiger partial charge in [0.1, 0.15) is 18.3 Å². The topological polar surface area (TPSA) is 96.0 Å². The van der Waals surface area contributed by atoms with Crippen LogP contribution in [0.1, 0.15) is 32.8 Å². The summed E-state index contributed by atoms with van der Waals surface area (Å²) in [5.41, 5.74) is 1.22. The molecule has 0 heterocycles. The Morgan fingerprint density at radius 3 is 2.25 bits per heavy atom. The van der Waals surface area contributed by atoms with Crippen LogP contribution in [0.4, 0.5) is 5.69 Å². The summed E-state index contributed by atoms with van der Waals surface area (Å²) >= 11 is 6.01. The molecule has 214 valence electrons. The monoisotopic (exact) mass is 585 g/mol. The molecule has 10 heteroatoms. The zero-order chi connectivity index (χ0) is 29.1. The van der Waals surface area contributed by atoms with Crippen LogP contribution in [-0.4, -0.2) is 57.4 Å². The van der Waals surface area contributed by atoms with Gasteiger partial charge in [0, 0.05) is 18.1 Å². The van der Waals surface area contributed by atoms with Crippen molar-refractivity contribution >= 4 is 39.1 Å². The van der Waals surface area contributed by atoms with E-state index in [9.17, 15) is 18.0 Å². The summed E-state index contributed by atoms with van der Waals surface area (Å²) < 4.78 is 34.7. The third kappa shape index (κ3) is 7.99. The van der Waals surface area contributed by atoms with Gasteiger partial charge in [0.2, 0.25) is 11.8 Å². The van der Waals surface area contributed by atoms with Crippen LogP contribution < -0.4 is 14.4 Å². The van der Waals surface area contributed by atoms with Gasteiger partial charge in [-0.15, -0.1) is 0 Å². The molecule has 0 saturated heterocycles. The van der Waals surface area contributed by atoms with E-state index < -0.39 is 28.5 Å². The van der Waals surface area contributed by atoms with E-state index in [1.54, 1.807) is 38.1 Å². The highest BCUT2D eigenvalue weighted by Gasteiger charge is 2.33.